The van der Waals surface area contributed by atoms with Gasteiger partial charge in [0.15, 0.2) is 0 Å². The zero-order chi connectivity index (χ0) is 11.3. The first-order valence-corrected chi connectivity index (χ1v) is 5.95. The van der Waals surface area contributed by atoms with Crippen molar-refractivity contribution in [3.05, 3.63) is 35.4 Å². The van der Waals surface area contributed by atoms with E-state index in [4.69, 9.17) is 0 Å². The van der Waals surface area contributed by atoms with Gasteiger partial charge in [-0.15, -0.1) is 0 Å². The predicted molar refractivity (Wildman–Crippen MR) is 64.9 cm³/mol. The van der Waals surface area contributed by atoms with Crippen molar-refractivity contribution < 1.29 is 5.11 Å². The van der Waals surface area contributed by atoms with E-state index in [0.29, 0.717) is 5.92 Å². The van der Waals surface area contributed by atoms with Crippen LogP contribution < -0.4 is 0 Å². The SMILES string of the molecule is CCCc1cccc(C(O)C(C)CC)c1. The van der Waals surface area contributed by atoms with Crippen molar-refractivity contribution in [3.8, 4) is 0 Å². The first kappa shape index (κ1) is 12.3. The van der Waals surface area contributed by atoms with Gasteiger partial charge < -0.3 is 5.11 Å². The zero-order valence-electron chi connectivity index (χ0n) is 10.0. The Balaban J connectivity index is 2.80. The molecule has 0 amide bonds. The molecule has 0 radical (unpaired) electrons. The van der Waals surface area contributed by atoms with Crippen molar-refractivity contribution >= 4 is 0 Å². The number of aryl methyl sites for hydroxylation is 1. The van der Waals surface area contributed by atoms with Crippen LogP contribution in [0.15, 0.2) is 24.3 Å². The second-order valence-electron chi connectivity index (χ2n) is 4.33. The first-order chi connectivity index (χ1) is 7.19. The molecule has 0 aliphatic carbocycles. The van der Waals surface area contributed by atoms with E-state index in [9.17, 15) is 5.11 Å². The molecule has 1 N–H and O–H groups in total. The van der Waals surface area contributed by atoms with E-state index in [1.165, 1.54) is 5.56 Å². The summed E-state index contributed by atoms with van der Waals surface area (Å²) in [5.74, 6) is 0.335. The minimum Gasteiger partial charge on any atom is -0.388 e. The Labute approximate surface area is 93.1 Å². The van der Waals surface area contributed by atoms with E-state index in [0.717, 1.165) is 24.8 Å². The molecule has 0 aliphatic heterocycles. The van der Waals surface area contributed by atoms with Crippen LogP contribution in [-0.2, 0) is 6.42 Å². The second kappa shape index (κ2) is 5.92. The molecule has 84 valence electrons. The fourth-order valence-corrected chi connectivity index (χ4v) is 1.77. The molecule has 0 fully saturated rings. The third-order valence-electron chi connectivity index (χ3n) is 3.01. The Morgan fingerprint density at radius 3 is 2.60 bits per heavy atom. The van der Waals surface area contributed by atoms with Crippen LogP contribution in [0.5, 0.6) is 0 Å². The summed E-state index contributed by atoms with van der Waals surface area (Å²) in [6, 6.07) is 8.35. The van der Waals surface area contributed by atoms with Crippen LogP contribution in [0.1, 0.15) is 50.8 Å². The average molecular weight is 206 g/mol. The summed E-state index contributed by atoms with van der Waals surface area (Å²) in [5, 5.41) is 10.1. The molecule has 0 heterocycles. The van der Waals surface area contributed by atoms with Crippen molar-refractivity contribution in [1.29, 1.82) is 0 Å². The van der Waals surface area contributed by atoms with Crippen LogP contribution in [0.25, 0.3) is 0 Å². The Morgan fingerprint density at radius 2 is 2.00 bits per heavy atom. The molecule has 1 nitrogen and oxygen atoms in total. The number of hydrogen-bond donors (Lipinski definition) is 1. The minimum atomic E-state index is -0.313. The zero-order valence-corrected chi connectivity index (χ0v) is 10.0. The number of aliphatic hydroxyl groups is 1. The molecule has 0 aliphatic rings. The van der Waals surface area contributed by atoms with E-state index in [2.05, 4.69) is 32.9 Å². The predicted octanol–water partition coefficient (Wildman–Crippen LogP) is 3.72. The lowest BCUT2D eigenvalue weighted by atomic mass is 9.93. The van der Waals surface area contributed by atoms with Crippen molar-refractivity contribution in [2.24, 2.45) is 5.92 Å². The van der Waals surface area contributed by atoms with E-state index in [-0.39, 0.29) is 6.10 Å². The maximum absolute atomic E-state index is 10.1. The van der Waals surface area contributed by atoms with Gasteiger partial charge in [-0.2, -0.15) is 0 Å². The summed E-state index contributed by atoms with van der Waals surface area (Å²) in [4.78, 5) is 0. The van der Waals surface area contributed by atoms with Crippen molar-refractivity contribution in [1.82, 2.24) is 0 Å². The van der Waals surface area contributed by atoms with Crippen LogP contribution in [-0.4, -0.2) is 5.11 Å². The van der Waals surface area contributed by atoms with E-state index in [1.54, 1.807) is 0 Å². The van der Waals surface area contributed by atoms with Crippen LogP contribution in [0.2, 0.25) is 0 Å². The molecule has 1 aromatic carbocycles. The second-order valence-corrected chi connectivity index (χ2v) is 4.33. The molecular weight excluding hydrogens is 184 g/mol. The largest absolute Gasteiger partial charge is 0.388 e. The van der Waals surface area contributed by atoms with Crippen molar-refractivity contribution in [2.45, 2.75) is 46.1 Å². The summed E-state index contributed by atoms with van der Waals surface area (Å²) in [7, 11) is 0. The summed E-state index contributed by atoms with van der Waals surface area (Å²) in [5.41, 5.74) is 2.40. The monoisotopic (exact) mass is 206 g/mol. The Hall–Kier alpha value is -0.820. The highest BCUT2D eigenvalue weighted by Gasteiger charge is 2.14. The highest BCUT2D eigenvalue weighted by molar-refractivity contribution is 5.25. The molecule has 1 heteroatoms. The van der Waals surface area contributed by atoms with Gasteiger partial charge in [0, 0.05) is 0 Å². The van der Waals surface area contributed by atoms with Crippen LogP contribution in [0.3, 0.4) is 0 Å². The van der Waals surface area contributed by atoms with Crippen molar-refractivity contribution in [2.75, 3.05) is 0 Å². The maximum atomic E-state index is 10.1. The smallest absolute Gasteiger partial charge is 0.0815 e. The van der Waals surface area contributed by atoms with E-state index < -0.39 is 0 Å². The molecule has 2 unspecified atom stereocenters. The topological polar surface area (TPSA) is 20.2 Å². The lowest BCUT2D eigenvalue weighted by molar-refractivity contribution is 0.115. The van der Waals surface area contributed by atoms with Crippen LogP contribution in [0, 0.1) is 5.92 Å². The minimum absolute atomic E-state index is 0.313. The van der Waals surface area contributed by atoms with Gasteiger partial charge in [0.1, 0.15) is 0 Å². The van der Waals surface area contributed by atoms with Crippen LogP contribution >= 0.6 is 0 Å². The Kier molecular flexibility index (Phi) is 4.83. The average Bonchev–Trinajstić information content (AvgIpc) is 2.28. The first-order valence-electron chi connectivity index (χ1n) is 5.95. The molecule has 15 heavy (non-hydrogen) atoms. The maximum Gasteiger partial charge on any atom is 0.0815 e. The van der Waals surface area contributed by atoms with Gasteiger partial charge in [0.2, 0.25) is 0 Å². The highest BCUT2D eigenvalue weighted by Crippen LogP contribution is 2.24. The molecule has 1 rings (SSSR count). The molecule has 0 bridgehead atoms. The van der Waals surface area contributed by atoms with Gasteiger partial charge in [-0.25, -0.2) is 0 Å². The molecule has 0 saturated heterocycles. The summed E-state index contributed by atoms with van der Waals surface area (Å²) >= 11 is 0. The quantitative estimate of drug-likeness (QED) is 0.778. The fraction of sp³-hybridized carbons (Fsp3) is 0.571. The van der Waals surface area contributed by atoms with Gasteiger partial charge in [-0.1, -0.05) is 57.9 Å². The number of hydrogen-bond acceptors (Lipinski definition) is 1. The molecular formula is C14H22O. The van der Waals surface area contributed by atoms with Gasteiger partial charge in [-0.3, -0.25) is 0 Å². The lowest BCUT2D eigenvalue weighted by Gasteiger charge is -2.18. The molecule has 0 aromatic heterocycles. The summed E-state index contributed by atoms with van der Waals surface area (Å²) in [6.07, 6.45) is 2.95. The van der Waals surface area contributed by atoms with Gasteiger partial charge in [0.05, 0.1) is 6.10 Å². The summed E-state index contributed by atoms with van der Waals surface area (Å²) in [6.45, 7) is 6.39. The van der Waals surface area contributed by atoms with E-state index >= 15 is 0 Å². The Morgan fingerprint density at radius 1 is 1.27 bits per heavy atom. The fourth-order valence-electron chi connectivity index (χ4n) is 1.77. The summed E-state index contributed by atoms with van der Waals surface area (Å²) < 4.78 is 0. The van der Waals surface area contributed by atoms with Gasteiger partial charge in [-0.05, 0) is 23.5 Å². The molecule has 2 atom stereocenters. The van der Waals surface area contributed by atoms with E-state index in [1.807, 2.05) is 12.1 Å². The van der Waals surface area contributed by atoms with Gasteiger partial charge >= 0.3 is 0 Å². The Bertz CT molecular complexity index is 293. The highest BCUT2D eigenvalue weighted by atomic mass is 16.3. The normalized spacial score (nSPS) is 14.9. The standard InChI is InChI=1S/C14H22O/c1-4-7-12-8-6-9-13(10-12)14(15)11(3)5-2/h6,8-11,14-15H,4-5,7H2,1-3H3. The molecule has 0 saturated carbocycles. The number of rotatable bonds is 5. The molecule has 0 spiro atoms. The van der Waals surface area contributed by atoms with Crippen molar-refractivity contribution in [3.63, 3.8) is 0 Å². The van der Waals surface area contributed by atoms with Gasteiger partial charge in [0.25, 0.3) is 0 Å². The third kappa shape index (κ3) is 3.35. The lowest BCUT2D eigenvalue weighted by Crippen LogP contribution is -2.08. The molecule has 1 aromatic rings. The van der Waals surface area contributed by atoms with Crippen LogP contribution in [0.4, 0.5) is 0 Å². The number of aliphatic hydroxyl groups excluding tert-OH is 1. The third-order valence-corrected chi connectivity index (χ3v) is 3.01. The number of benzene rings is 1.